The Hall–Kier alpha value is -2.14. The van der Waals surface area contributed by atoms with Crippen LogP contribution in [0.5, 0.6) is 0 Å². The van der Waals surface area contributed by atoms with E-state index in [1.54, 1.807) is 25.1 Å². The second-order valence-corrected chi connectivity index (χ2v) is 5.83. The maximum Gasteiger partial charge on any atom is 0.310 e. The molecule has 2 heterocycles. The molecule has 1 saturated heterocycles. The van der Waals surface area contributed by atoms with Gasteiger partial charge in [0.05, 0.1) is 17.6 Å². The summed E-state index contributed by atoms with van der Waals surface area (Å²) in [7, 11) is 0. The highest BCUT2D eigenvalue weighted by Crippen LogP contribution is 2.47. The highest BCUT2D eigenvalue weighted by Gasteiger charge is 2.59. The summed E-state index contributed by atoms with van der Waals surface area (Å²) in [5.41, 5.74) is 0.846. The lowest BCUT2D eigenvalue weighted by Gasteiger charge is -2.27. The fourth-order valence-electron chi connectivity index (χ4n) is 3.22. The number of carboxylic acid groups (broad SMARTS) is 1. The van der Waals surface area contributed by atoms with Crippen LogP contribution in [0.3, 0.4) is 0 Å². The number of aliphatic carboxylic acids is 1. The summed E-state index contributed by atoms with van der Waals surface area (Å²) in [4.78, 5) is 24.0. The van der Waals surface area contributed by atoms with Crippen LogP contribution in [0.1, 0.15) is 12.5 Å². The highest BCUT2D eigenvalue weighted by atomic mass is 16.5. The number of hydrogen-bond donors (Lipinski definition) is 2. The minimum atomic E-state index is -1.00. The zero-order valence-corrected chi connectivity index (χ0v) is 11.9. The number of hydrogen-bond acceptors (Lipinski definition) is 3. The summed E-state index contributed by atoms with van der Waals surface area (Å²) in [6, 6.07) is 7.41. The van der Waals surface area contributed by atoms with Gasteiger partial charge in [0.2, 0.25) is 5.91 Å². The number of anilines is 1. The largest absolute Gasteiger partial charge is 0.481 e. The van der Waals surface area contributed by atoms with Crippen molar-refractivity contribution in [1.82, 2.24) is 0 Å². The van der Waals surface area contributed by atoms with Crippen LogP contribution < -0.4 is 5.32 Å². The average molecular weight is 287 g/mol. The van der Waals surface area contributed by atoms with E-state index in [4.69, 9.17) is 4.74 Å². The fourth-order valence-corrected chi connectivity index (χ4v) is 3.22. The van der Waals surface area contributed by atoms with Crippen molar-refractivity contribution in [3.8, 4) is 0 Å². The third-order valence-corrected chi connectivity index (χ3v) is 4.19. The third-order valence-electron chi connectivity index (χ3n) is 4.19. The Bertz CT molecular complexity index is 639. The van der Waals surface area contributed by atoms with Crippen LogP contribution in [0.4, 0.5) is 5.69 Å². The zero-order chi connectivity index (χ0) is 15.2. The monoisotopic (exact) mass is 287 g/mol. The maximum absolute atomic E-state index is 12.5. The minimum Gasteiger partial charge on any atom is -0.481 e. The normalized spacial score (nSPS) is 33.1. The van der Waals surface area contributed by atoms with Crippen LogP contribution in [0.2, 0.25) is 0 Å². The molecule has 2 bridgehead atoms. The van der Waals surface area contributed by atoms with Crippen LogP contribution in [0, 0.1) is 18.8 Å². The molecule has 4 atom stereocenters. The SMILES string of the molecule is Cc1cccc(NC(=O)[C@H]2[C@@H](C(=O)O)[C@H]3C=C[C@@]2(C)O3)c1. The molecule has 0 spiro atoms. The summed E-state index contributed by atoms with van der Waals surface area (Å²) in [6.45, 7) is 3.69. The number of nitrogens with one attached hydrogen (secondary N) is 1. The van der Waals surface area contributed by atoms with Gasteiger partial charge in [0.1, 0.15) is 5.92 Å². The summed E-state index contributed by atoms with van der Waals surface area (Å²) in [5.74, 6) is -2.89. The smallest absolute Gasteiger partial charge is 0.310 e. The highest BCUT2D eigenvalue weighted by molar-refractivity contribution is 5.97. The Kier molecular flexibility index (Phi) is 3.10. The summed E-state index contributed by atoms with van der Waals surface area (Å²) >= 11 is 0. The van der Waals surface area contributed by atoms with E-state index >= 15 is 0 Å². The van der Waals surface area contributed by atoms with Crippen LogP contribution in [0.15, 0.2) is 36.4 Å². The molecule has 0 aromatic heterocycles. The molecular formula is C16H17NO4. The second kappa shape index (κ2) is 4.70. The van der Waals surface area contributed by atoms with E-state index in [1.165, 1.54) is 0 Å². The van der Waals surface area contributed by atoms with Crippen LogP contribution in [0.25, 0.3) is 0 Å². The van der Waals surface area contributed by atoms with Gasteiger partial charge in [0.25, 0.3) is 0 Å². The molecular weight excluding hydrogens is 270 g/mol. The molecule has 2 aliphatic rings. The molecule has 1 aromatic carbocycles. The molecule has 2 aliphatic heterocycles. The fraction of sp³-hybridized carbons (Fsp3) is 0.375. The Morgan fingerprint density at radius 1 is 1.38 bits per heavy atom. The van der Waals surface area contributed by atoms with Gasteiger partial charge in [-0.2, -0.15) is 0 Å². The topological polar surface area (TPSA) is 75.6 Å². The average Bonchev–Trinajstić information content (AvgIpc) is 2.91. The molecule has 0 saturated carbocycles. The number of ether oxygens (including phenoxy) is 1. The van der Waals surface area contributed by atoms with Gasteiger partial charge in [-0.25, -0.2) is 0 Å². The van der Waals surface area contributed by atoms with Crippen molar-refractivity contribution in [1.29, 1.82) is 0 Å². The molecule has 1 aromatic rings. The molecule has 5 nitrogen and oxygen atoms in total. The van der Waals surface area contributed by atoms with Crippen molar-refractivity contribution in [3.63, 3.8) is 0 Å². The molecule has 3 rings (SSSR count). The van der Waals surface area contributed by atoms with Crippen molar-refractivity contribution >= 4 is 17.6 Å². The molecule has 0 radical (unpaired) electrons. The Morgan fingerprint density at radius 3 is 2.81 bits per heavy atom. The molecule has 0 unspecified atom stereocenters. The predicted molar refractivity (Wildman–Crippen MR) is 76.8 cm³/mol. The molecule has 2 N–H and O–H groups in total. The van der Waals surface area contributed by atoms with E-state index in [2.05, 4.69) is 5.32 Å². The van der Waals surface area contributed by atoms with E-state index in [0.717, 1.165) is 5.56 Å². The maximum atomic E-state index is 12.5. The van der Waals surface area contributed by atoms with Gasteiger partial charge in [-0.1, -0.05) is 24.3 Å². The Morgan fingerprint density at radius 2 is 2.14 bits per heavy atom. The first-order valence-electron chi connectivity index (χ1n) is 6.88. The van der Waals surface area contributed by atoms with Crippen molar-refractivity contribution in [2.75, 3.05) is 5.32 Å². The van der Waals surface area contributed by atoms with Gasteiger partial charge in [-0.05, 0) is 31.5 Å². The number of rotatable bonds is 3. The lowest BCUT2D eigenvalue weighted by atomic mass is 9.75. The standard InChI is InChI=1S/C16H17NO4/c1-9-4-3-5-10(8-9)17-14(18)13-12(15(19)20)11-6-7-16(13,2)21-11/h3-8,11-13H,1-2H3,(H,17,18)(H,19,20)/t11-,12+,13-,16-/m1/s1. The van der Waals surface area contributed by atoms with E-state index in [0.29, 0.717) is 5.69 Å². The first kappa shape index (κ1) is 13.8. The van der Waals surface area contributed by atoms with Gasteiger partial charge in [-0.15, -0.1) is 0 Å². The number of amides is 1. The van der Waals surface area contributed by atoms with Crippen LogP contribution in [-0.2, 0) is 14.3 Å². The number of carbonyl (C=O) groups excluding carboxylic acids is 1. The Balaban J connectivity index is 1.86. The molecule has 110 valence electrons. The summed E-state index contributed by atoms with van der Waals surface area (Å²) < 4.78 is 5.68. The van der Waals surface area contributed by atoms with Crippen molar-refractivity contribution in [2.24, 2.45) is 11.8 Å². The van der Waals surface area contributed by atoms with Crippen LogP contribution >= 0.6 is 0 Å². The predicted octanol–water partition coefficient (Wildman–Crippen LogP) is 1.98. The number of carbonyl (C=O) groups is 2. The van der Waals surface area contributed by atoms with Gasteiger partial charge < -0.3 is 15.2 Å². The van der Waals surface area contributed by atoms with Gasteiger partial charge >= 0.3 is 5.97 Å². The van der Waals surface area contributed by atoms with Crippen LogP contribution in [-0.4, -0.2) is 28.7 Å². The first-order valence-corrected chi connectivity index (χ1v) is 6.88. The zero-order valence-electron chi connectivity index (χ0n) is 11.9. The molecule has 0 aliphatic carbocycles. The number of fused-ring (bicyclic) bond motifs is 2. The van der Waals surface area contributed by atoms with Gasteiger partial charge in [0.15, 0.2) is 0 Å². The summed E-state index contributed by atoms with van der Waals surface area (Å²) in [6.07, 6.45) is 2.99. The van der Waals surface area contributed by atoms with Crippen molar-refractivity contribution in [2.45, 2.75) is 25.6 Å². The Labute approximate surface area is 122 Å². The van der Waals surface area contributed by atoms with E-state index in [1.807, 2.05) is 25.1 Å². The number of carboxylic acids is 1. The molecule has 5 heteroatoms. The lowest BCUT2D eigenvalue weighted by molar-refractivity contribution is -0.146. The van der Waals surface area contributed by atoms with E-state index in [9.17, 15) is 14.7 Å². The van der Waals surface area contributed by atoms with Gasteiger partial charge in [-0.3, -0.25) is 9.59 Å². The second-order valence-electron chi connectivity index (χ2n) is 5.83. The molecule has 1 amide bonds. The quantitative estimate of drug-likeness (QED) is 0.833. The minimum absolute atomic E-state index is 0.317. The number of aryl methyl sites for hydroxylation is 1. The van der Waals surface area contributed by atoms with Crippen molar-refractivity contribution < 1.29 is 19.4 Å². The summed E-state index contributed by atoms with van der Waals surface area (Å²) in [5, 5.41) is 12.2. The van der Waals surface area contributed by atoms with Crippen molar-refractivity contribution in [3.05, 3.63) is 42.0 Å². The molecule has 21 heavy (non-hydrogen) atoms. The van der Waals surface area contributed by atoms with E-state index in [-0.39, 0.29) is 5.91 Å². The molecule has 1 fully saturated rings. The lowest BCUT2D eigenvalue weighted by Crippen LogP contribution is -2.44. The van der Waals surface area contributed by atoms with E-state index < -0.39 is 29.5 Å². The third kappa shape index (κ3) is 2.23. The first-order chi connectivity index (χ1) is 9.90. The number of benzene rings is 1. The van der Waals surface area contributed by atoms with Gasteiger partial charge in [0, 0.05) is 5.69 Å².